The average Bonchev–Trinajstić information content (AvgIpc) is 2.39. The van der Waals surface area contributed by atoms with Gasteiger partial charge in [-0.15, -0.1) is 0 Å². The topological polar surface area (TPSA) is 26.0 Å². The van der Waals surface area contributed by atoms with Crippen molar-refractivity contribution in [2.75, 3.05) is 0 Å². The highest BCUT2D eigenvalue weighted by Gasteiger charge is 2.35. The summed E-state index contributed by atoms with van der Waals surface area (Å²) in [4.78, 5) is 0. The van der Waals surface area contributed by atoms with Crippen molar-refractivity contribution in [2.45, 2.75) is 65.3 Å². The van der Waals surface area contributed by atoms with E-state index in [0.29, 0.717) is 17.4 Å². The Balaban J connectivity index is 2.01. The summed E-state index contributed by atoms with van der Waals surface area (Å²) in [7, 11) is 0. The van der Waals surface area contributed by atoms with E-state index in [-0.39, 0.29) is 0 Å². The van der Waals surface area contributed by atoms with Crippen LogP contribution in [0.3, 0.4) is 0 Å². The molecular weight excluding hydrogens is 230 g/mol. The van der Waals surface area contributed by atoms with E-state index in [1.165, 1.54) is 36.8 Å². The van der Waals surface area contributed by atoms with E-state index in [1.807, 2.05) is 0 Å². The third-order valence-electron chi connectivity index (χ3n) is 5.01. The van der Waals surface area contributed by atoms with Crippen molar-refractivity contribution in [3.8, 4) is 0 Å². The normalized spacial score (nSPS) is 24.1. The molecule has 1 fully saturated rings. The van der Waals surface area contributed by atoms with Crippen molar-refractivity contribution < 1.29 is 0 Å². The highest BCUT2D eigenvalue weighted by Crippen LogP contribution is 2.42. The Morgan fingerprint density at radius 3 is 2.37 bits per heavy atom. The van der Waals surface area contributed by atoms with Crippen molar-refractivity contribution in [3.63, 3.8) is 0 Å². The standard InChI is InChI=1S/C18H29N/c1-4-14-8-10-15(11-9-14)13-17(19)16-7-5-6-12-18(16,2)3/h8-11,16-17H,4-7,12-13,19H2,1-3H3. The third kappa shape index (κ3) is 3.60. The van der Waals surface area contributed by atoms with Crippen LogP contribution in [-0.4, -0.2) is 6.04 Å². The van der Waals surface area contributed by atoms with Crippen LogP contribution in [0.5, 0.6) is 0 Å². The Labute approximate surface area is 118 Å². The Kier molecular flexibility index (Phi) is 4.67. The highest BCUT2D eigenvalue weighted by atomic mass is 14.7. The van der Waals surface area contributed by atoms with E-state index in [4.69, 9.17) is 5.73 Å². The van der Waals surface area contributed by atoms with Crippen LogP contribution in [0.15, 0.2) is 24.3 Å². The van der Waals surface area contributed by atoms with Gasteiger partial charge in [-0.25, -0.2) is 0 Å². The molecule has 2 unspecified atom stereocenters. The van der Waals surface area contributed by atoms with Gasteiger partial charge < -0.3 is 5.73 Å². The van der Waals surface area contributed by atoms with Gasteiger partial charge in [0, 0.05) is 6.04 Å². The van der Waals surface area contributed by atoms with Crippen LogP contribution >= 0.6 is 0 Å². The van der Waals surface area contributed by atoms with Gasteiger partial charge in [-0.3, -0.25) is 0 Å². The molecule has 1 heteroatoms. The van der Waals surface area contributed by atoms with Gasteiger partial charge in [0.05, 0.1) is 0 Å². The molecule has 2 atom stereocenters. The smallest absolute Gasteiger partial charge is 0.0113 e. The predicted molar refractivity (Wildman–Crippen MR) is 83.2 cm³/mol. The van der Waals surface area contributed by atoms with Crippen LogP contribution in [0.1, 0.15) is 57.6 Å². The minimum atomic E-state index is 0.308. The lowest BCUT2D eigenvalue weighted by atomic mass is 9.65. The van der Waals surface area contributed by atoms with Gasteiger partial charge in [0.2, 0.25) is 0 Å². The lowest BCUT2D eigenvalue weighted by Gasteiger charge is -2.42. The molecule has 0 aromatic heterocycles. The summed E-state index contributed by atoms with van der Waals surface area (Å²) in [6.07, 6.45) is 7.51. The molecular formula is C18H29N. The molecule has 0 saturated heterocycles. The first-order valence-electron chi connectivity index (χ1n) is 7.86. The number of hydrogen-bond donors (Lipinski definition) is 1. The largest absolute Gasteiger partial charge is 0.327 e. The molecule has 2 N–H and O–H groups in total. The lowest BCUT2D eigenvalue weighted by Crippen LogP contribution is -2.42. The van der Waals surface area contributed by atoms with E-state index in [0.717, 1.165) is 12.8 Å². The fourth-order valence-electron chi connectivity index (χ4n) is 3.64. The zero-order valence-electron chi connectivity index (χ0n) is 12.8. The second kappa shape index (κ2) is 6.09. The van der Waals surface area contributed by atoms with Crippen LogP contribution in [-0.2, 0) is 12.8 Å². The second-order valence-corrected chi connectivity index (χ2v) is 6.88. The van der Waals surface area contributed by atoms with E-state index in [1.54, 1.807) is 0 Å². The van der Waals surface area contributed by atoms with Crippen LogP contribution in [0.4, 0.5) is 0 Å². The summed E-state index contributed by atoms with van der Waals surface area (Å²) in [6.45, 7) is 7.00. The molecule has 2 rings (SSSR count). The van der Waals surface area contributed by atoms with Crippen LogP contribution in [0, 0.1) is 11.3 Å². The summed E-state index contributed by atoms with van der Waals surface area (Å²) in [6, 6.07) is 9.31. The number of benzene rings is 1. The van der Waals surface area contributed by atoms with E-state index < -0.39 is 0 Å². The minimum Gasteiger partial charge on any atom is -0.327 e. The number of hydrogen-bond acceptors (Lipinski definition) is 1. The number of nitrogens with two attached hydrogens (primary N) is 1. The highest BCUT2D eigenvalue weighted by molar-refractivity contribution is 5.23. The van der Waals surface area contributed by atoms with Crippen molar-refractivity contribution >= 4 is 0 Å². The molecule has 0 radical (unpaired) electrons. The van der Waals surface area contributed by atoms with Crippen molar-refractivity contribution in [3.05, 3.63) is 35.4 Å². The molecule has 0 amide bonds. The lowest BCUT2D eigenvalue weighted by molar-refractivity contribution is 0.112. The molecule has 1 saturated carbocycles. The SMILES string of the molecule is CCc1ccc(CC(N)C2CCCCC2(C)C)cc1. The minimum absolute atomic E-state index is 0.308. The Morgan fingerprint density at radius 2 is 1.79 bits per heavy atom. The quantitative estimate of drug-likeness (QED) is 0.855. The molecule has 0 spiro atoms. The molecule has 1 aliphatic carbocycles. The molecule has 1 aromatic rings. The van der Waals surface area contributed by atoms with Crippen molar-refractivity contribution in [1.82, 2.24) is 0 Å². The summed E-state index contributed by atoms with van der Waals surface area (Å²) >= 11 is 0. The maximum atomic E-state index is 6.53. The summed E-state index contributed by atoms with van der Waals surface area (Å²) < 4.78 is 0. The van der Waals surface area contributed by atoms with Crippen molar-refractivity contribution in [1.29, 1.82) is 0 Å². The molecule has 1 aromatic carbocycles. The van der Waals surface area contributed by atoms with E-state index in [2.05, 4.69) is 45.0 Å². The maximum Gasteiger partial charge on any atom is 0.0113 e. The number of aryl methyl sites for hydroxylation is 1. The van der Waals surface area contributed by atoms with Crippen molar-refractivity contribution in [2.24, 2.45) is 17.1 Å². The Morgan fingerprint density at radius 1 is 1.16 bits per heavy atom. The summed E-state index contributed by atoms with van der Waals surface area (Å²) in [5.74, 6) is 0.673. The summed E-state index contributed by atoms with van der Waals surface area (Å²) in [5, 5.41) is 0. The third-order valence-corrected chi connectivity index (χ3v) is 5.01. The van der Waals surface area contributed by atoms with Crippen LogP contribution < -0.4 is 5.73 Å². The molecule has 19 heavy (non-hydrogen) atoms. The Hall–Kier alpha value is -0.820. The molecule has 0 bridgehead atoms. The molecule has 1 aliphatic rings. The van der Waals surface area contributed by atoms with Gasteiger partial charge in [-0.05, 0) is 48.1 Å². The zero-order chi connectivity index (χ0) is 13.9. The van der Waals surface area contributed by atoms with E-state index in [9.17, 15) is 0 Å². The fraction of sp³-hybridized carbons (Fsp3) is 0.667. The first-order valence-corrected chi connectivity index (χ1v) is 7.86. The molecule has 0 heterocycles. The van der Waals surface area contributed by atoms with E-state index >= 15 is 0 Å². The summed E-state index contributed by atoms with van der Waals surface area (Å²) in [5.41, 5.74) is 9.75. The first-order chi connectivity index (χ1) is 9.03. The molecule has 1 nitrogen and oxygen atoms in total. The van der Waals surface area contributed by atoms with Crippen LogP contribution in [0.2, 0.25) is 0 Å². The first kappa shape index (κ1) is 14.6. The maximum absolute atomic E-state index is 6.53. The predicted octanol–water partition coefficient (Wildman–Crippen LogP) is 4.34. The van der Waals surface area contributed by atoms with Gasteiger partial charge in [-0.1, -0.05) is 57.9 Å². The zero-order valence-corrected chi connectivity index (χ0v) is 12.8. The fourth-order valence-corrected chi connectivity index (χ4v) is 3.64. The monoisotopic (exact) mass is 259 g/mol. The average molecular weight is 259 g/mol. The van der Waals surface area contributed by atoms with Gasteiger partial charge >= 0.3 is 0 Å². The number of rotatable bonds is 4. The Bertz CT molecular complexity index is 391. The second-order valence-electron chi connectivity index (χ2n) is 6.88. The van der Waals surface area contributed by atoms with Gasteiger partial charge in [0.25, 0.3) is 0 Å². The molecule has 0 aliphatic heterocycles. The van der Waals surface area contributed by atoms with Crippen LogP contribution in [0.25, 0.3) is 0 Å². The molecule has 106 valence electrons. The van der Waals surface area contributed by atoms with Gasteiger partial charge in [0.15, 0.2) is 0 Å². The van der Waals surface area contributed by atoms with Gasteiger partial charge in [0.1, 0.15) is 0 Å². The van der Waals surface area contributed by atoms with Gasteiger partial charge in [-0.2, -0.15) is 0 Å².